The number of aliphatic hydroxyl groups excluding tert-OH is 2. The summed E-state index contributed by atoms with van der Waals surface area (Å²) < 4.78 is 5.51. The number of hydrogen-bond donors (Lipinski definition) is 3. The first-order chi connectivity index (χ1) is 38.5. The van der Waals surface area contributed by atoms with Crippen molar-refractivity contribution in [3.63, 3.8) is 0 Å². The van der Waals surface area contributed by atoms with Crippen molar-refractivity contribution in [1.29, 1.82) is 0 Å². The third-order valence-electron chi connectivity index (χ3n) is 16.8. The maximum Gasteiger partial charge on any atom is 0.305 e. The largest absolute Gasteiger partial charge is 0.466 e. The molecule has 2 atom stereocenters. The van der Waals surface area contributed by atoms with E-state index in [-0.39, 0.29) is 18.5 Å². The van der Waals surface area contributed by atoms with Crippen molar-refractivity contribution in [2.75, 3.05) is 13.2 Å². The van der Waals surface area contributed by atoms with E-state index < -0.39 is 12.1 Å². The Balaban J connectivity index is 3.34. The van der Waals surface area contributed by atoms with Crippen LogP contribution in [0.15, 0.2) is 24.3 Å². The van der Waals surface area contributed by atoms with Crippen LogP contribution < -0.4 is 5.32 Å². The summed E-state index contributed by atoms with van der Waals surface area (Å²) in [7, 11) is 0. The van der Waals surface area contributed by atoms with Crippen LogP contribution >= 0.6 is 0 Å². The van der Waals surface area contributed by atoms with Gasteiger partial charge >= 0.3 is 5.97 Å². The van der Waals surface area contributed by atoms with Crippen LogP contribution in [0.2, 0.25) is 0 Å². The van der Waals surface area contributed by atoms with E-state index in [1.54, 1.807) is 0 Å². The average Bonchev–Trinajstić information content (AvgIpc) is 3.44. The third kappa shape index (κ3) is 63.5. The van der Waals surface area contributed by atoms with Crippen LogP contribution in [0.1, 0.15) is 399 Å². The van der Waals surface area contributed by atoms with Crippen molar-refractivity contribution >= 4 is 11.9 Å². The van der Waals surface area contributed by atoms with E-state index in [9.17, 15) is 19.8 Å². The van der Waals surface area contributed by atoms with Crippen molar-refractivity contribution in [2.45, 2.75) is 411 Å². The van der Waals surface area contributed by atoms with Gasteiger partial charge in [-0.1, -0.05) is 353 Å². The fourth-order valence-corrected chi connectivity index (χ4v) is 11.3. The maximum absolute atomic E-state index is 12.4. The molecule has 0 heterocycles. The second-order valence-corrected chi connectivity index (χ2v) is 24.6. The molecule has 0 saturated heterocycles. The molecular weight excluding hydrogens is 959 g/mol. The molecule has 0 aliphatic carbocycles. The number of hydrogen-bond acceptors (Lipinski definition) is 5. The molecule has 78 heavy (non-hydrogen) atoms. The number of ether oxygens (including phenoxy) is 1. The Morgan fingerprint density at radius 2 is 0.641 bits per heavy atom. The topological polar surface area (TPSA) is 95.9 Å². The molecule has 1 amide bonds. The minimum atomic E-state index is -0.661. The highest BCUT2D eigenvalue weighted by Crippen LogP contribution is 2.19. The summed E-state index contributed by atoms with van der Waals surface area (Å²) in [6, 6.07) is -0.538. The van der Waals surface area contributed by atoms with Gasteiger partial charge in [-0.15, -0.1) is 0 Å². The zero-order chi connectivity index (χ0) is 56.4. The highest BCUT2D eigenvalue weighted by molar-refractivity contribution is 5.76. The average molecular weight is 1100 g/mol. The summed E-state index contributed by atoms with van der Waals surface area (Å²) in [4.78, 5) is 24.6. The Bertz CT molecular complexity index is 1220. The minimum Gasteiger partial charge on any atom is -0.466 e. The van der Waals surface area contributed by atoms with Gasteiger partial charge in [0.05, 0.1) is 25.4 Å². The first-order valence-corrected chi connectivity index (χ1v) is 35.6. The van der Waals surface area contributed by atoms with E-state index in [1.807, 2.05) is 0 Å². The quantitative estimate of drug-likeness (QED) is 0.0320. The van der Waals surface area contributed by atoms with Gasteiger partial charge in [0.15, 0.2) is 0 Å². The smallest absolute Gasteiger partial charge is 0.305 e. The Hall–Kier alpha value is -1.66. The molecule has 0 bridgehead atoms. The van der Waals surface area contributed by atoms with Gasteiger partial charge in [0, 0.05) is 12.8 Å². The van der Waals surface area contributed by atoms with Crippen LogP contribution in [0, 0.1) is 0 Å². The molecule has 2 unspecified atom stereocenters. The molecule has 0 saturated carbocycles. The third-order valence-corrected chi connectivity index (χ3v) is 16.8. The SMILES string of the molecule is CCCCCCCCCCCCCCCCCCCCC(=O)OCCCCCCCCCCC/C=C\C/C=C\CCCCCCCCCCCCCCCCCCCC(=O)NC(CO)C(O)CCCCCCCCCCCC. The van der Waals surface area contributed by atoms with Crippen LogP contribution in [-0.4, -0.2) is 47.4 Å². The molecule has 3 N–H and O–H groups in total. The number of nitrogens with one attached hydrogen (secondary N) is 1. The number of unbranched alkanes of at least 4 members (excludes halogenated alkanes) is 52. The summed E-state index contributed by atoms with van der Waals surface area (Å²) in [6.45, 7) is 4.97. The molecule has 0 spiro atoms. The van der Waals surface area contributed by atoms with Gasteiger partial charge in [-0.05, 0) is 57.8 Å². The predicted octanol–water partition coefficient (Wildman–Crippen LogP) is 22.9. The van der Waals surface area contributed by atoms with Crippen molar-refractivity contribution < 1.29 is 24.5 Å². The normalized spacial score (nSPS) is 12.6. The number of amides is 1. The summed E-state index contributed by atoms with van der Waals surface area (Å²) in [5, 5.41) is 23.2. The number of esters is 1. The van der Waals surface area contributed by atoms with E-state index in [0.29, 0.717) is 25.9 Å². The zero-order valence-electron chi connectivity index (χ0n) is 52.9. The Morgan fingerprint density at radius 3 is 0.974 bits per heavy atom. The number of aliphatic hydroxyl groups is 2. The number of rotatable bonds is 67. The second kappa shape index (κ2) is 67.8. The van der Waals surface area contributed by atoms with Crippen LogP contribution in [0.3, 0.4) is 0 Å². The highest BCUT2D eigenvalue weighted by Gasteiger charge is 2.20. The monoisotopic (exact) mass is 1100 g/mol. The lowest BCUT2D eigenvalue weighted by Crippen LogP contribution is -2.45. The molecule has 0 aromatic carbocycles. The molecule has 0 rings (SSSR count). The minimum absolute atomic E-state index is 0.0192. The molecule has 0 radical (unpaired) electrons. The Labute approximate surface area is 488 Å². The number of carbonyl (C=O) groups excluding carboxylic acids is 2. The Morgan fingerprint density at radius 1 is 0.359 bits per heavy atom. The fraction of sp³-hybridized carbons (Fsp3) is 0.917. The van der Waals surface area contributed by atoms with Gasteiger partial charge in [0.25, 0.3) is 0 Å². The predicted molar refractivity (Wildman–Crippen MR) is 343 cm³/mol. The molecule has 0 aromatic heterocycles. The van der Waals surface area contributed by atoms with E-state index in [0.717, 1.165) is 44.9 Å². The van der Waals surface area contributed by atoms with E-state index in [1.165, 1.54) is 321 Å². The van der Waals surface area contributed by atoms with Crippen molar-refractivity contribution in [2.24, 2.45) is 0 Å². The molecule has 0 aliphatic heterocycles. The van der Waals surface area contributed by atoms with Crippen LogP contribution in [0.25, 0.3) is 0 Å². The first kappa shape index (κ1) is 76.3. The van der Waals surface area contributed by atoms with Gasteiger partial charge in [-0.25, -0.2) is 0 Å². The molecule has 0 fully saturated rings. The first-order valence-electron chi connectivity index (χ1n) is 35.6. The second-order valence-electron chi connectivity index (χ2n) is 24.6. The number of carbonyl (C=O) groups is 2. The maximum atomic E-state index is 12.4. The number of allylic oxidation sites excluding steroid dienone is 4. The van der Waals surface area contributed by atoms with E-state index in [2.05, 4.69) is 43.5 Å². The highest BCUT2D eigenvalue weighted by atomic mass is 16.5. The summed E-state index contributed by atoms with van der Waals surface area (Å²) >= 11 is 0. The van der Waals surface area contributed by atoms with Gasteiger partial charge in [0.1, 0.15) is 0 Å². The molecule has 0 aromatic rings. The standard InChI is InChI=1S/C72H139NO5/c1-3-5-7-9-11-13-15-16-17-18-37-40-43-46-50-54-58-62-66-72(77)78-67-63-59-55-51-47-44-41-38-35-33-31-29-27-25-23-21-19-20-22-24-26-28-30-32-34-36-39-42-45-49-53-57-61-65-71(76)73-69(68-74)70(75)64-60-56-52-48-14-12-10-8-6-4-2/h23,25,29,31,69-70,74-75H,3-22,24,26-28,30,32-68H2,1-2H3,(H,73,76)/b25-23-,31-29-. The van der Waals surface area contributed by atoms with Crippen LogP contribution in [-0.2, 0) is 14.3 Å². The van der Waals surface area contributed by atoms with Gasteiger partial charge in [-0.3, -0.25) is 9.59 Å². The van der Waals surface area contributed by atoms with E-state index >= 15 is 0 Å². The van der Waals surface area contributed by atoms with Gasteiger partial charge in [-0.2, -0.15) is 0 Å². The molecule has 0 aliphatic rings. The van der Waals surface area contributed by atoms with Crippen molar-refractivity contribution in [3.05, 3.63) is 24.3 Å². The summed E-state index contributed by atoms with van der Waals surface area (Å²) in [5.74, 6) is -0.0138. The summed E-state index contributed by atoms with van der Waals surface area (Å²) in [6.07, 6.45) is 85.3. The lowest BCUT2D eigenvalue weighted by molar-refractivity contribution is -0.143. The lowest BCUT2D eigenvalue weighted by Gasteiger charge is -2.22. The van der Waals surface area contributed by atoms with E-state index in [4.69, 9.17) is 4.74 Å². The van der Waals surface area contributed by atoms with Crippen molar-refractivity contribution in [1.82, 2.24) is 5.32 Å². The van der Waals surface area contributed by atoms with Crippen LogP contribution in [0.5, 0.6) is 0 Å². The molecule has 6 heteroatoms. The Kier molecular flexibility index (Phi) is 66.4. The molecular formula is C72H139NO5. The molecule has 462 valence electrons. The van der Waals surface area contributed by atoms with Gasteiger partial charge in [0.2, 0.25) is 5.91 Å². The fourth-order valence-electron chi connectivity index (χ4n) is 11.3. The van der Waals surface area contributed by atoms with Gasteiger partial charge < -0.3 is 20.3 Å². The zero-order valence-corrected chi connectivity index (χ0v) is 52.9. The lowest BCUT2D eigenvalue weighted by atomic mass is 10.0. The molecule has 6 nitrogen and oxygen atoms in total. The van der Waals surface area contributed by atoms with Crippen molar-refractivity contribution in [3.8, 4) is 0 Å². The van der Waals surface area contributed by atoms with Crippen LogP contribution in [0.4, 0.5) is 0 Å². The summed E-state index contributed by atoms with van der Waals surface area (Å²) in [5.41, 5.74) is 0.